The molecule has 0 radical (unpaired) electrons. The molecule has 9 nitrogen and oxygen atoms in total. The summed E-state index contributed by atoms with van der Waals surface area (Å²) in [5.41, 5.74) is 7.56. The molecule has 2 aromatic carbocycles. The Kier molecular flexibility index (Phi) is 6.93. The van der Waals surface area contributed by atoms with Crippen LogP contribution in [0, 0.1) is 0 Å². The van der Waals surface area contributed by atoms with Crippen LogP contribution in [-0.2, 0) is 22.7 Å². The van der Waals surface area contributed by atoms with Gasteiger partial charge in [-0.15, -0.1) is 0 Å². The van der Waals surface area contributed by atoms with Crippen LogP contribution in [0.3, 0.4) is 0 Å². The lowest BCUT2D eigenvalue weighted by Gasteiger charge is -2.34. The van der Waals surface area contributed by atoms with E-state index < -0.39 is 12.0 Å². The molecule has 1 atom stereocenters. The van der Waals surface area contributed by atoms with E-state index in [0.29, 0.717) is 35.9 Å². The van der Waals surface area contributed by atoms with Crippen LogP contribution in [0.25, 0.3) is 0 Å². The fraction of sp³-hybridized carbons (Fsp3) is 0.240. The van der Waals surface area contributed by atoms with Crippen LogP contribution in [0.15, 0.2) is 71.3 Å². The molecule has 3 aromatic rings. The highest BCUT2D eigenvalue weighted by Crippen LogP contribution is 2.33. The number of hydrogen-bond acceptors (Lipinski definition) is 6. The van der Waals surface area contributed by atoms with Crippen molar-refractivity contribution < 1.29 is 23.5 Å². The highest BCUT2D eigenvalue weighted by atomic mass is 16.5. The number of rotatable bonds is 8. The zero-order chi connectivity index (χ0) is 24.1. The number of primary amides is 1. The number of carbonyl (C=O) groups is 3. The molecule has 1 aromatic heterocycles. The van der Waals surface area contributed by atoms with Gasteiger partial charge in [0.05, 0.1) is 31.6 Å². The third-order valence-corrected chi connectivity index (χ3v) is 5.56. The molecule has 1 aliphatic rings. The van der Waals surface area contributed by atoms with Gasteiger partial charge in [-0.2, -0.15) is 0 Å². The summed E-state index contributed by atoms with van der Waals surface area (Å²) in [5, 5.41) is 2.60. The van der Waals surface area contributed by atoms with E-state index >= 15 is 0 Å². The van der Waals surface area contributed by atoms with Crippen molar-refractivity contribution in [1.82, 2.24) is 10.2 Å². The average molecular weight is 463 g/mol. The summed E-state index contributed by atoms with van der Waals surface area (Å²) in [6, 6.07) is 17.9. The van der Waals surface area contributed by atoms with Gasteiger partial charge in [-0.05, 0) is 42.0 Å². The maximum Gasteiger partial charge on any atom is 0.260 e. The number of benzene rings is 2. The first-order chi connectivity index (χ1) is 16.4. The van der Waals surface area contributed by atoms with Gasteiger partial charge in [0.15, 0.2) is 6.10 Å². The molecule has 0 bridgehead atoms. The SMILES string of the molecule is CNC(=O)c1ccc(CN(CC(=O)N2CC(C(N)=O)Oc3ccccc32)Cc2ccco2)cc1. The molecule has 2 heterocycles. The smallest absolute Gasteiger partial charge is 0.260 e. The number of hydrogen-bond donors (Lipinski definition) is 2. The van der Waals surface area contributed by atoms with Crippen molar-refractivity contribution >= 4 is 23.4 Å². The Labute approximate surface area is 197 Å². The first-order valence-electron chi connectivity index (χ1n) is 10.9. The quantitative estimate of drug-likeness (QED) is 0.528. The zero-order valence-corrected chi connectivity index (χ0v) is 18.8. The summed E-state index contributed by atoms with van der Waals surface area (Å²) in [6.07, 6.45) is 0.665. The van der Waals surface area contributed by atoms with E-state index in [-0.39, 0.29) is 24.9 Å². The number of amides is 3. The number of carbonyl (C=O) groups excluding carboxylic acids is 3. The second-order valence-corrected chi connectivity index (χ2v) is 7.98. The minimum absolute atomic E-state index is 0.0423. The van der Waals surface area contributed by atoms with Gasteiger partial charge in [-0.25, -0.2) is 0 Å². The molecule has 0 fully saturated rings. The van der Waals surface area contributed by atoms with E-state index in [4.69, 9.17) is 14.9 Å². The summed E-state index contributed by atoms with van der Waals surface area (Å²) in [5.74, 6) is 0.163. The van der Waals surface area contributed by atoms with Crippen LogP contribution in [0.1, 0.15) is 21.7 Å². The van der Waals surface area contributed by atoms with Crippen molar-refractivity contribution in [2.45, 2.75) is 19.2 Å². The van der Waals surface area contributed by atoms with E-state index in [0.717, 1.165) is 5.56 Å². The predicted molar refractivity (Wildman–Crippen MR) is 125 cm³/mol. The van der Waals surface area contributed by atoms with Gasteiger partial charge in [-0.3, -0.25) is 19.3 Å². The molecule has 0 aliphatic carbocycles. The molecule has 176 valence electrons. The molecule has 9 heteroatoms. The summed E-state index contributed by atoms with van der Waals surface area (Å²) in [6.45, 7) is 0.963. The van der Waals surface area contributed by atoms with Gasteiger partial charge in [0.2, 0.25) is 5.91 Å². The van der Waals surface area contributed by atoms with Crippen molar-refractivity contribution in [3.05, 3.63) is 83.8 Å². The number of nitrogens with two attached hydrogens (primary N) is 1. The molecule has 4 rings (SSSR count). The monoisotopic (exact) mass is 462 g/mol. The number of nitrogens with one attached hydrogen (secondary N) is 1. The highest BCUT2D eigenvalue weighted by molar-refractivity contribution is 5.98. The number of furan rings is 1. The Bertz CT molecular complexity index is 1160. The largest absolute Gasteiger partial charge is 0.477 e. The standard InChI is InChI=1S/C25H26N4O5/c1-27-25(32)18-10-8-17(9-11-18)13-28(14-19-5-4-12-33-19)16-23(30)29-15-22(24(26)31)34-21-7-3-2-6-20(21)29/h2-12,22H,13-16H2,1H3,(H2,26,31)(H,27,32). The lowest BCUT2D eigenvalue weighted by atomic mass is 10.1. The molecular formula is C25H26N4O5. The zero-order valence-electron chi connectivity index (χ0n) is 18.8. The van der Waals surface area contributed by atoms with Gasteiger partial charge in [-0.1, -0.05) is 24.3 Å². The average Bonchev–Trinajstić information content (AvgIpc) is 3.36. The summed E-state index contributed by atoms with van der Waals surface area (Å²) >= 11 is 0. The topological polar surface area (TPSA) is 118 Å². The van der Waals surface area contributed by atoms with Crippen molar-refractivity contribution in [3.63, 3.8) is 0 Å². The van der Waals surface area contributed by atoms with Crippen LogP contribution in [0.2, 0.25) is 0 Å². The second-order valence-electron chi connectivity index (χ2n) is 7.98. The Morgan fingerprint density at radius 3 is 2.50 bits per heavy atom. The van der Waals surface area contributed by atoms with E-state index in [1.165, 1.54) is 4.90 Å². The van der Waals surface area contributed by atoms with E-state index in [1.54, 1.807) is 49.7 Å². The molecular weight excluding hydrogens is 436 g/mol. The molecule has 1 aliphatic heterocycles. The predicted octanol–water partition coefficient (Wildman–Crippen LogP) is 1.92. The fourth-order valence-corrected chi connectivity index (χ4v) is 3.85. The molecule has 0 saturated carbocycles. The summed E-state index contributed by atoms with van der Waals surface area (Å²) in [4.78, 5) is 40.6. The minimum atomic E-state index is -0.922. The number of nitrogens with zero attached hydrogens (tertiary/aromatic N) is 2. The van der Waals surface area contributed by atoms with Crippen molar-refractivity contribution in [1.29, 1.82) is 0 Å². The van der Waals surface area contributed by atoms with Gasteiger partial charge >= 0.3 is 0 Å². The van der Waals surface area contributed by atoms with E-state index in [2.05, 4.69) is 5.32 Å². The Balaban J connectivity index is 1.54. The number of para-hydroxylation sites is 2. The van der Waals surface area contributed by atoms with Gasteiger partial charge in [0, 0.05) is 19.2 Å². The van der Waals surface area contributed by atoms with Crippen LogP contribution in [0.4, 0.5) is 5.69 Å². The maximum atomic E-state index is 13.4. The van der Waals surface area contributed by atoms with Gasteiger partial charge in [0.1, 0.15) is 11.5 Å². The third-order valence-electron chi connectivity index (χ3n) is 5.56. The van der Waals surface area contributed by atoms with Gasteiger partial charge in [0.25, 0.3) is 11.8 Å². The Morgan fingerprint density at radius 1 is 1.06 bits per heavy atom. The Morgan fingerprint density at radius 2 is 1.82 bits per heavy atom. The summed E-state index contributed by atoms with van der Waals surface area (Å²) in [7, 11) is 1.58. The second kappa shape index (κ2) is 10.2. The number of anilines is 1. The molecule has 3 amide bonds. The van der Waals surface area contributed by atoms with Gasteiger partial charge < -0.3 is 25.1 Å². The first kappa shape index (κ1) is 23.1. The number of ether oxygens (including phenoxy) is 1. The normalized spacial score (nSPS) is 14.9. The fourth-order valence-electron chi connectivity index (χ4n) is 3.85. The third kappa shape index (κ3) is 5.26. The maximum absolute atomic E-state index is 13.4. The van der Waals surface area contributed by atoms with Crippen LogP contribution in [-0.4, -0.2) is 48.9 Å². The highest BCUT2D eigenvalue weighted by Gasteiger charge is 2.33. The minimum Gasteiger partial charge on any atom is -0.477 e. The lowest BCUT2D eigenvalue weighted by molar-refractivity contribution is -0.125. The van der Waals surface area contributed by atoms with E-state index in [9.17, 15) is 14.4 Å². The molecule has 3 N–H and O–H groups in total. The van der Waals surface area contributed by atoms with Crippen LogP contribution >= 0.6 is 0 Å². The molecule has 1 unspecified atom stereocenters. The van der Waals surface area contributed by atoms with Crippen molar-refractivity contribution in [2.24, 2.45) is 5.73 Å². The van der Waals surface area contributed by atoms with Crippen LogP contribution in [0.5, 0.6) is 5.75 Å². The van der Waals surface area contributed by atoms with Crippen molar-refractivity contribution in [2.75, 3.05) is 25.0 Å². The number of fused-ring (bicyclic) bond motifs is 1. The van der Waals surface area contributed by atoms with Crippen LogP contribution < -0.4 is 20.7 Å². The van der Waals surface area contributed by atoms with E-state index in [1.807, 2.05) is 29.2 Å². The molecule has 0 saturated heterocycles. The first-order valence-corrected chi connectivity index (χ1v) is 10.9. The lowest BCUT2D eigenvalue weighted by Crippen LogP contribution is -2.51. The molecule has 0 spiro atoms. The van der Waals surface area contributed by atoms with Crippen molar-refractivity contribution in [3.8, 4) is 5.75 Å². The summed E-state index contributed by atoms with van der Waals surface area (Å²) < 4.78 is 11.2. The molecule has 34 heavy (non-hydrogen) atoms. The Hall–Kier alpha value is -4.11.